The summed E-state index contributed by atoms with van der Waals surface area (Å²) < 4.78 is 0. The van der Waals surface area contributed by atoms with Crippen LogP contribution in [0.1, 0.15) is 19.8 Å². The van der Waals surface area contributed by atoms with Crippen LogP contribution >= 0.6 is 11.8 Å². The van der Waals surface area contributed by atoms with Gasteiger partial charge in [0.2, 0.25) is 5.91 Å². The molecule has 1 amide bonds. The Morgan fingerprint density at radius 1 is 1.44 bits per heavy atom. The molecule has 1 saturated heterocycles. The van der Waals surface area contributed by atoms with Crippen LogP contribution < -0.4 is 0 Å². The summed E-state index contributed by atoms with van der Waals surface area (Å²) in [6, 6.07) is 0.547. The molecule has 0 aromatic heterocycles. The Kier molecular flexibility index (Phi) is 5.62. The van der Waals surface area contributed by atoms with Gasteiger partial charge in [0.25, 0.3) is 0 Å². The first-order valence-corrected chi connectivity index (χ1v) is 7.42. The number of rotatable bonds is 5. The summed E-state index contributed by atoms with van der Waals surface area (Å²) in [4.78, 5) is 16.2. The van der Waals surface area contributed by atoms with Gasteiger partial charge in [-0.05, 0) is 32.7 Å². The molecular weight excluding hydrogens is 220 g/mol. The van der Waals surface area contributed by atoms with Gasteiger partial charge < -0.3 is 9.80 Å². The zero-order valence-corrected chi connectivity index (χ0v) is 11.7. The van der Waals surface area contributed by atoms with Gasteiger partial charge in [-0.15, -0.1) is 0 Å². The molecule has 1 aliphatic heterocycles. The minimum Gasteiger partial charge on any atom is -0.340 e. The lowest BCUT2D eigenvalue weighted by atomic mass is 9.98. The molecular formula is C12H24N2OS. The average molecular weight is 244 g/mol. The van der Waals surface area contributed by atoms with Crippen LogP contribution in [-0.4, -0.2) is 60.9 Å². The van der Waals surface area contributed by atoms with Gasteiger partial charge in [-0.2, -0.15) is 11.8 Å². The molecule has 1 rings (SSSR count). The molecule has 0 N–H and O–H groups in total. The van der Waals surface area contributed by atoms with Crippen molar-refractivity contribution in [1.82, 2.24) is 9.80 Å². The molecule has 0 aliphatic carbocycles. The van der Waals surface area contributed by atoms with E-state index in [2.05, 4.69) is 25.9 Å². The maximum Gasteiger partial charge on any atom is 0.232 e. The SMILES string of the molecule is CCCC1CN(C(=O)CSC)CC1N(C)C. The van der Waals surface area contributed by atoms with Crippen LogP contribution in [0.4, 0.5) is 0 Å². The molecule has 0 aromatic carbocycles. The van der Waals surface area contributed by atoms with Gasteiger partial charge >= 0.3 is 0 Å². The van der Waals surface area contributed by atoms with Gasteiger partial charge in [0, 0.05) is 19.1 Å². The molecule has 0 spiro atoms. The third kappa shape index (κ3) is 3.39. The van der Waals surface area contributed by atoms with Crippen molar-refractivity contribution in [3.05, 3.63) is 0 Å². The number of hydrogen-bond donors (Lipinski definition) is 0. The van der Waals surface area contributed by atoms with Gasteiger partial charge in [-0.25, -0.2) is 0 Å². The Labute approximate surface area is 104 Å². The van der Waals surface area contributed by atoms with Crippen molar-refractivity contribution in [2.75, 3.05) is 39.2 Å². The van der Waals surface area contributed by atoms with E-state index in [1.54, 1.807) is 11.8 Å². The van der Waals surface area contributed by atoms with Crippen LogP contribution in [-0.2, 0) is 4.79 Å². The van der Waals surface area contributed by atoms with Crippen molar-refractivity contribution in [3.8, 4) is 0 Å². The summed E-state index contributed by atoms with van der Waals surface area (Å²) in [7, 11) is 4.24. The van der Waals surface area contributed by atoms with Crippen molar-refractivity contribution in [1.29, 1.82) is 0 Å². The molecule has 1 fully saturated rings. The fraction of sp³-hybridized carbons (Fsp3) is 0.917. The molecule has 4 heteroatoms. The van der Waals surface area contributed by atoms with E-state index in [0.29, 0.717) is 23.6 Å². The quantitative estimate of drug-likeness (QED) is 0.733. The van der Waals surface area contributed by atoms with Gasteiger partial charge in [-0.1, -0.05) is 13.3 Å². The number of likely N-dealkylation sites (N-methyl/N-ethyl adjacent to an activating group) is 1. The van der Waals surface area contributed by atoms with E-state index in [9.17, 15) is 4.79 Å². The normalized spacial score (nSPS) is 25.4. The van der Waals surface area contributed by atoms with E-state index in [1.807, 2.05) is 11.2 Å². The monoisotopic (exact) mass is 244 g/mol. The summed E-state index contributed by atoms with van der Waals surface area (Å²) in [5.41, 5.74) is 0. The molecule has 0 aromatic rings. The molecule has 2 atom stereocenters. The number of likely N-dealkylation sites (tertiary alicyclic amines) is 1. The highest BCUT2D eigenvalue weighted by molar-refractivity contribution is 7.99. The van der Waals surface area contributed by atoms with Crippen molar-refractivity contribution < 1.29 is 4.79 Å². The lowest BCUT2D eigenvalue weighted by Crippen LogP contribution is -2.36. The zero-order chi connectivity index (χ0) is 12.1. The van der Waals surface area contributed by atoms with Gasteiger partial charge in [0.1, 0.15) is 0 Å². The van der Waals surface area contributed by atoms with Crippen molar-refractivity contribution in [2.24, 2.45) is 5.92 Å². The summed E-state index contributed by atoms with van der Waals surface area (Å²) in [5, 5.41) is 0. The lowest BCUT2D eigenvalue weighted by Gasteiger charge is -2.24. The maximum absolute atomic E-state index is 11.8. The Hall–Kier alpha value is -0.220. The number of hydrogen-bond acceptors (Lipinski definition) is 3. The average Bonchev–Trinajstić information content (AvgIpc) is 2.63. The number of amides is 1. The van der Waals surface area contributed by atoms with Gasteiger partial charge in [0.15, 0.2) is 0 Å². The number of thioether (sulfide) groups is 1. The second-order valence-electron chi connectivity index (χ2n) is 4.81. The standard InChI is InChI=1S/C12H24N2OS/c1-5-6-10-7-14(12(15)9-16-4)8-11(10)13(2)3/h10-11H,5-9H2,1-4H3. The highest BCUT2D eigenvalue weighted by Gasteiger charge is 2.35. The predicted molar refractivity (Wildman–Crippen MR) is 70.8 cm³/mol. The van der Waals surface area contributed by atoms with Crippen LogP contribution in [0.2, 0.25) is 0 Å². The van der Waals surface area contributed by atoms with Crippen molar-refractivity contribution in [2.45, 2.75) is 25.8 Å². The van der Waals surface area contributed by atoms with E-state index < -0.39 is 0 Å². The maximum atomic E-state index is 11.8. The third-order valence-electron chi connectivity index (χ3n) is 3.35. The van der Waals surface area contributed by atoms with Crippen molar-refractivity contribution in [3.63, 3.8) is 0 Å². The summed E-state index contributed by atoms with van der Waals surface area (Å²) in [6.07, 6.45) is 4.42. The zero-order valence-electron chi connectivity index (χ0n) is 10.9. The second-order valence-corrected chi connectivity index (χ2v) is 5.68. The third-order valence-corrected chi connectivity index (χ3v) is 3.89. The first-order valence-electron chi connectivity index (χ1n) is 6.03. The summed E-state index contributed by atoms with van der Waals surface area (Å²) >= 11 is 1.62. The first-order chi connectivity index (χ1) is 7.60. The van der Waals surface area contributed by atoms with Gasteiger partial charge in [-0.3, -0.25) is 4.79 Å². The van der Waals surface area contributed by atoms with Crippen LogP contribution in [0, 0.1) is 5.92 Å². The van der Waals surface area contributed by atoms with Crippen molar-refractivity contribution >= 4 is 17.7 Å². The molecule has 0 saturated carbocycles. The fourth-order valence-corrected chi connectivity index (χ4v) is 2.94. The topological polar surface area (TPSA) is 23.6 Å². The Bertz CT molecular complexity index is 233. The van der Waals surface area contributed by atoms with Crippen LogP contribution in [0.15, 0.2) is 0 Å². The molecule has 3 nitrogen and oxygen atoms in total. The van der Waals surface area contributed by atoms with E-state index >= 15 is 0 Å². The Morgan fingerprint density at radius 2 is 2.12 bits per heavy atom. The summed E-state index contributed by atoms with van der Waals surface area (Å²) in [6.45, 7) is 4.09. The van der Waals surface area contributed by atoms with E-state index in [0.717, 1.165) is 13.1 Å². The lowest BCUT2D eigenvalue weighted by molar-refractivity contribution is -0.127. The van der Waals surface area contributed by atoms with E-state index in [-0.39, 0.29) is 0 Å². The second kappa shape index (κ2) is 6.50. The molecule has 1 aliphatic rings. The molecule has 16 heavy (non-hydrogen) atoms. The Balaban J connectivity index is 2.57. The largest absolute Gasteiger partial charge is 0.340 e. The molecule has 0 radical (unpaired) electrons. The number of carbonyl (C=O) groups excluding carboxylic acids is 1. The molecule has 2 unspecified atom stereocenters. The van der Waals surface area contributed by atoms with E-state index in [1.165, 1.54) is 12.8 Å². The smallest absolute Gasteiger partial charge is 0.232 e. The van der Waals surface area contributed by atoms with Crippen LogP contribution in [0.25, 0.3) is 0 Å². The Morgan fingerprint density at radius 3 is 2.62 bits per heavy atom. The van der Waals surface area contributed by atoms with Crippen LogP contribution in [0.3, 0.4) is 0 Å². The minimum atomic E-state index is 0.304. The number of nitrogens with zero attached hydrogens (tertiary/aromatic N) is 2. The van der Waals surface area contributed by atoms with E-state index in [4.69, 9.17) is 0 Å². The summed E-state index contributed by atoms with van der Waals surface area (Å²) in [5.74, 6) is 1.59. The highest BCUT2D eigenvalue weighted by atomic mass is 32.2. The highest BCUT2D eigenvalue weighted by Crippen LogP contribution is 2.25. The van der Waals surface area contributed by atoms with Crippen LogP contribution in [0.5, 0.6) is 0 Å². The number of carbonyl (C=O) groups is 1. The first kappa shape index (κ1) is 13.8. The molecule has 1 heterocycles. The fourth-order valence-electron chi connectivity index (χ4n) is 2.51. The minimum absolute atomic E-state index is 0.304. The molecule has 0 bridgehead atoms. The van der Waals surface area contributed by atoms with Gasteiger partial charge in [0.05, 0.1) is 5.75 Å². The molecule has 94 valence electrons. The predicted octanol–water partition coefficient (Wildman–Crippen LogP) is 1.54.